The predicted molar refractivity (Wildman–Crippen MR) is 51.0 cm³/mol. The van der Waals surface area contributed by atoms with Crippen LogP contribution in [0.3, 0.4) is 0 Å². The van der Waals surface area contributed by atoms with Crippen LogP contribution in [0.15, 0.2) is 0 Å². The van der Waals surface area contributed by atoms with Gasteiger partial charge in [-0.25, -0.2) is 0 Å². The van der Waals surface area contributed by atoms with E-state index in [4.69, 9.17) is 5.11 Å². The lowest BCUT2D eigenvalue weighted by Gasteiger charge is -2.15. The summed E-state index contributed by atoms with van der Waals surface area (Å²) in [6, 6.07) is -1.52. The quantitative estimate of drug-likeness (QED) is 0.598. The molecular formula is C9H14N2O4. The molecule has 1 aliphatic rings. The summed E-state index contributed by atoms with van der Waals surface area (Å²) in [5, 5.41) is 11.3. The summed E-state index contributed by atoms with van der Waals surface area (Å²) in [5.41, 5.74) is 0. The highest BCUT2D eigenvalue weighted by molar-refractivity contribution is 6.05. The van der Waals surface area contributed by atoms with Crippen molar-refractivity contribution in [1.29, 1.82) is 0 Å². The van der Waals surface area contributed by atoms with Crippen molar-refractivity contribution < 1.29 is 19.5 Å². The van der Waals surface area contributed by atoms with Crippen LogP contribution in [0.25, 0.3) is 0 Å². The maximum Gasteiger partial charge on any atom is 0.320 e. The van der Waals surface area contributed by atoms with Crippen molar-refractivity contribution in [2.75, 3.05) is 6.54 Å². The molecule has 6 heteroatoms. The van der Waals surface area contributed by atoms with Gasteiger partial charge in [0.1, 0.15) is 6.04 Å². The lowest BCUT2D eigenvalue weighted by Crippen LogP contribution is -2.45. The van der Waals surface area contributed by atoms with E-state index in [-0.39, 0.29) is 18.2 Å². The molecule has 0 aromatic heterocycles. The summed E-state index contributed by atoms with van der Waals surface area (Å²) in [6.45, 7) is 3.48. The second kappa shape index (κ2) is 4.39. The van der Waals surface area contributed by atoms with Gasteiger partial charge in [-0.05, 0) is 13.8 Å². The SMILES string of the molecule is CCN1C(=O)CC(N[C@@H](C)C(=O)O)C1=O. The number of hydrogen-bond donors (Lipinski definition) is 2. The topological polar surface area (TPSA) is 86.7 Å². The Morgan fingerprint density at radius 1 is 1.67 bits per heavy atom. The minimum Gasteiger partial charge on any atom is -0.480 e. The van der Waals surface area contributed by atoms with Crippen molar-refractivity contribution >= 4 is 17.8 Å². The van der Waals surface area contributed by atoms with Crippen LogP contribution in [-0.4, -0.2) is 46.4 Å². The van der Waals surface area contributed by atoms with Crippen LogP contribution in [0, 0.1) is 0 Å². The Hall–Kier alpha value is -1.43. The molecule has 2 amide bonds. The third kappa shape index (κ3) is 2.33. The van der Waals surface area contributed by atoms with Crippen LogP contribution in [0.4, 0.5) is 0 Å². The molecule has 1 heterocycles. The zero-order valence-corrected chi connectivity index (χ0v) is 8.69. The van der Waals surface area contributed by atoms with Crippen molar-refractivity contribution in [3.8, 4) is 0 Å². The second-order valence-corrected chi connectivity index (χ2v) is 3.46. The number of nitrogens with one attached hydrogen (secondary N) is 1. The molecule has 2 atom stereocenters. The van der Waals surface area contributed by atoms with Crippen LogP contribution < -0.4 is 5.32 Å². The highest BCUT2D eigenvalue weighted by atomic mass is 16.4. The molecule has 1 rings (SSSR count). The lowest BCUT2D eigenvalue weighted by atomic mass is 10.2. The highest BCUT2D eigenvalue weighted by Gasteiger charge is 2.38. The van der Waals surface area contributed by atoms with Gasteiger partial charge in [-0.15, -0.1) is 0 Å². The Bertz CT molecular complexity index is 302. The van der Waals surface area contributed by atoms with Gasteiger partial charge >= 0.3 is 5.97 Å². The first-order chi connectivity index (χ1) is 6.97. The standard InChI is InChI=1S/C9H14N2O4/c1-3-11-7(12)4-6(8(11)13)10-5(2)9(14)15/h5-6,10H,3-4H2,1-2H3,(H,14,15)/t5-,6?/m0/s1. The van der Waals surface area contributed by atoms with Crippen molar-refractivity contribution in [2.24, 2.45) is 0 Å². The van der Waals surface area contributed by atoms with Crippen LogP contribution in [0.5, 0.6) is 0 Å². The van der Waals surface area contributed by atoms with E-state index in [1.54, 1.807) is 6.92 Å². The fraction of sp³-hybridized carbons (Fsp3) is 0.667. The molecule has 1 unspecified atom stereocenters. The summed E-state index contributed by atoms with van der Waals surface area (Å²) in [5.74, 6) is -1.63. The largest absolute Gasteiger partial charge is 0.480 e. The van der Waals surface area contributed by atoms with Crippen molar-refractivity contribution in [3.63, 3.8) is 0 Å². The van der Waals surface area contributed by atoms with Crippen LogP contribution >= 0.6 is 0 Å². The first-order valence-electron chi connectivity index (χ1n) is 4.80. The number of amides is 2. The van der Waals surface area contributed by atoms with Gasteiger partial charge < -0.3 is 5.11 Å². The van der Waals surface area contributed by atoms with Crippen molar-refractivity contribution in [1.82, 2.24) is 10.2 Å². The first kappa shape index (κ1) is 11.6. The molecule has 0 bridgehead atoms. The van der Waals surface area contributed by atoms with Gasteiger partial charge in [-0.2, -0.15) is 0 Å². The van der Waals surface area contributed by atoms with Gasteiger partial charge in [-0.3, -0.25) is 24.6 Å². The van der Waals surface area contributed by atoms with E-state index in [1.807, 2.05) is 0 Å². The van der Waals surface area contributed by atoms with E-state index < -0.39 is 18.1 Å². The number of carboxylic acids is 1. The van der Waals surface area contributed by atoms with Crippen LogP contribution in [0.2, 0.25) is 0 Å². The Labute approximate surface area is 87.2 Å². The molecule has 15 heavy (non-hydrogen) atoms. The molecule has 0 aromatic rings. The summed E-state index contributed by atoms with van der Waals surface area (Å²) < 4.78 is 0. The Balaban J connectivity index is 2.63. The number of aliphatic carboxylic acids is 1. The summed E-state index contributed by atoms with van der Waals surface area (Å²) >= 11 is 0. The minimum atomic E-state index is -1.04. The third-order valence-electron chi connectivity index (χ3n) is 2.38. The molecule has 0 spiro atoms. The lowest BCUT2D eigenvalue weighted by molar-refractivity contribution is -0.139. The number of carbonyl (C=O) groups excluding carboxylic acids is 2. The smallest absolute Gasteiger partial charge is 0.320 e. The van der Waals surface area contributed by atoms with Gasteiger partial charge in [0.25, 0.3) is 0 Å². The minimum absolute atomic E-state index is 0.0459. The Kier molecular flexibility index (Phi) is 3.41. The van der Waals surface area contributed by atoms with E-state index in [0.717, 1.165) is 4.90 Å². The number of rotatable bonds is 4. The van der Waals surface area contributed by atoms with E-state index in [2.05, 4.69) is 5.32 Å². The van der Waals surface area contributed by atoms with Gasteiger partial charge in [0, 0.05) is 6.54 Å². The van der Waals surface area contributed by atoms with E-state index in [1.165, 1.54) is 6.92 Å². The van der Waals surface area contributed by atoms with Crippen LogP contribution in [0.1, 0.15) is 20.3 Å². The number of carboxylic acid groups (broad SMARTS) is 1. The Morgan fingerprint density at radius 3 is 2.67 bits per heavy atom. The zero-order valence-electron chi connectivity index (χ0n) is 8.69. The van der Waals surface area contributed by atoms with Gasteiger partial charge in [0.15, 0.2) is 0 Å². The molecule has 0 aliphatic carbocycles. The van der Waals surface area contributed by atoms with E-state index >= 15 is 0 Å². The monoisotopic (exact) mass is 214 g/mol. The Morgan fingerprint density at radius 2 is 2.27 bits per heavy atom. The number of likely N-dealkylation sites (tertiary alicyclic amines) is 1. The number of hydrogen-bond acceptors (Lipinski definition) is 4. The average Bonchev–Trinajstić information content (AvgIpc) is 2.41. The molecule has 2 N–H and O–H groups in total. The maximum atomic E-state index is 11.6. The number of imide groups is 1. The molecule has 6 nitrogen and oxygen atoms in total. The molecule has 1 aliphatic heterocycles. The molecule has 84 valence electrons. The third-order valence-corrected chi connectivity index (χ3v) is 2.38. The average molecular weight is 214 g/mol. The molecule has 1 fully saturated rings. The zero-order chi connectivity index (χ0) is 11.6. The predicted octanol–water partition coefficient (Wildman–Crippen LogP) is -0.803. The fourth-order valence-corrected chi connectivity index (χ4v) is 1.52. The highest BCUT2D eigenvalue weighted by Crippen LogP contribution is 2.12. The molecule has 0 radical (unpaired) electrons. The number of carbonyl (C=O) groups is 3. The van der Waals surface area contributed by atoms with Crippen molar-refractivity contribution in [3.05, 3.63) is 0 Å². The van der Waals surface area contributed by atoms with E-state index in [9.17, 15) is 14.4 Å². The number of nitrogens with zero attached hydrogens (tertiary/aromatic N) is 1. The van der Waals surface area contributed by atoms with Gasteiger partial charge in [0.2, 0.25) is 11.8 Å². The van der Waals surface area contributed by atoms with Crippen LogP contribution in [-0.2, 0) is 14.4 Å². The molecule has 1 saturated heterocycles. The first-order valence-corrected chi connectivity index (χ1v) is 4.80. The van der Waals surface area contributed by atoms with Gasteiger partial charge in [-0.1, -0.05) is 0 Å². The molecule has 0 aromatic carbocycles. The maximum absolute atomic E-state index is 11.6. The fourth-order valence-electron chi connectivity index (χ4n) is 1.52. The van der Waals surface area contributed by atoms with Crippen molar-refractivity contribution in [2.45, 2.75) is 32.4 Å². The van der Waals surface area contributed by atoms with E-state index in [0.29, 0.717) is 6.54 Å². The molecule has 0 saturated carbocycles. The van der Waals surface area contributed by atoms with Gasteiger partial charge in [0.05, 0.1) is 12.5 Å². The summed E-state index contributed by atoms with van der Waals surface area (Å²) in [4.78, 5) is 34.5. The second-order valence-electron chi connectivity index (χ2n) is 3.46. The summed E-state index contributed by atoms with van der Waals surface area (Å²) in [6.07, 6.45) is 0.0459. The summed E-state index contributed by atoms with van der Waals surface area (Å²) in [7, 11) is 0. The number of likely N-dealkylation sites (N-methyl/N-ethyl adjacent to an activating group) is 1. The molecular weight excluding hydrogens is 200 g/mol. The normalized spacial score (nSPS) is 23.3.